The van der Waals surface area contributed by atoms with E-state index in [1.807, 2.05) is 45.0 Å². The summed E-state index contributed by atoms with van der Waals surface area (Å²) in [6.07, 6.45) is 0.818. The van der Waals surface area contributed by atoms with Crippen LogP contribution in [0, 0.1) is 6.92 Å². The fourth-order valence-corrected chi connectivity index (χ4v) is 3.15. The minimum absolute atomic E-state index is 0.0397. The predicted octanol–water partition coefficient (Wildman–Crippen LogP) is 5.12. The molecule has 0 aliphatic heterocycles. The van der Waals surface area contributed by atoms with Gasteiger partial charge in [0, 0.05) is 22.1 Å². The number of halogens is 2. The molecule has 1 N–H and O–H groups in total. The van der Waals surface area contributed by atoms with E-state index in [1.54, 1.807) is 30.0 Å². The zero-order valence-electron chi connectivity index (χ0n) is 17.7. The average Bonchev–Trinajstić information content (AvgIpc) is 2.73. The smallest absolute Gasteiger partial charge is 0.261 e. The van der Waals surface area contributed by atoms with Crippen molar-refractivity contribution >= 4 is 39.3 Å². The summed E-state index contributed by atoms with van der Waals surface area (Å²) in [6, 6.07) is 12.3. The number of carbonyl (C=O) groups excluding carboxylic acids is 2. The highest BCUT2D eigenvalue weighted by Gasteiger charge is 2.27. The minimum Gasteiger partial charge on any atom is -0.484 e. The van der Waals surface area contributed by atoms with Gasteiger partial charge in [-0.2, -0.15) is 0 Å². The summed E-state index contributed by atoms with van der Waals surface area (Å²) in [5, 5.41) is 3.59. The highest BCUT2D eigenvalue weighted by molar-refractivity contribution is 9.10. The second-order valence-corrected chi connectivity index (χ2v) is 8.66. The number of benzene rings is 2. The van der Waals surface area contributed by atoms with Crippen LogP contribution in [0.25, 0.3) is 0 Å². The van der Waals surface area contributed by atoms with Crippen molar-refractivity contribution in [3.63, 3.8) is 0 Å². The van der Waals surface area contributed by atoms with Crippen LogP contribution >= 0.6 is 27.5 Å². The molecule has 2 rings (SSSR count). The Bertz CT molecular complexity index is 873. The van der Waals surface area contributed by atoms with Crippen LogP contribution in [0.15, 0.2) is 46.9 Å². The van der Waals surface area contributed by atoms with Gasteiger partial charge in [0.2, 0.25) is 5.91 Å². The van der Waals surface area contributed by atoms with E-state index in [1.165, 1.54) is 0 Å². The van der Waals surface area contributed by atoms with Gasteiger partial charge < -0.3 is 15.0 Å². The van der Waals surface area contributed by atoms with Crippen LogP contribution < -0.4 is 10.1 Å². The highest BCUT2D eigenvalue weighted by Crippen LogP contribution is 2.21. The number of nitrogens with zero attached hydrogens (tertiary/aromatic N) is 1. The Morgan fingerprint density at radius 3 is 2.43 bits per heavy atom. The molecule has 0 heterocycles. The molecule has 0 saturated heterocycles. The van der Waals surface area contributed by atoms with Crippen LogP contribution in [0.5, 0.6) is 5.75 Å². The molecule has 0 aliphatic rings. The Labute approximate surface area is 191 Å². The van der Waals surface area contributed by atoms with E-state index < -0.39 is 6.04 Å². The van der Waals surface area contributed by atoms with Crippen LogP contribution in [0.4, 0.5) is 0 Å². The summed E-state index contributed by atoms with van der Waals surface area (Å²) in [6.45, 7) is 7.70. The van der Waals surface area contributed by atoms with Gasteiger partial charge in [0.1, 0.15) is 11.8 Å². The molecule has 2 aromatic carbocycles. The first kappa shape index (κ1) is 24.2. The van der Waals surface area contributed by atoms with E-state index in [4.69, 9.17) is 16.3 Å². The zero-order chi connectivity index (χ0) is 22.3. The number of rotatable bonds is 9. The van der Waals surface area contributed by atoms with Crippen LogP contribution in [-0.2, 0) is 16.1 Å². The lowest BCUT2D eigenvalue weighted by atomic mass is 10.1. The maximum absolute atomic E-state index is 13.0. The number of amides is 2. The molecular weight excluding hydrogens is 468 g/mol. The summed E-state index contributed by atoms with van der Waals surface area (Å²) < 4.78 is 6.64. The van der Waals surface area contributed by atoms with Crippen molar-refractivity contribution in [1.82, 2.24) is 10.2 Å². The van der Waals surface area contributed by atoms with Crippen molar-refractivity contribution < 1.29 is 14.3 Å². The summed E-state index contributed by atoms with van der Waals surface area (Å²) in [4.78, 5) is 27.3. The highest BCUT2D eigenvalue weighted by atomic mass is 79.9. The predicted molar refractivity (Wildman–Crippen MR) is 124 cm³/mol. The van der Waals surface area contributed by atoms with Crippen molar-refractivity contribution in [3.8, 4) is 5.75 Å². The van der Waals surface area contributed by atoms with E-state index in [0.717, 1.165) is 22.0 Å². The average molecular weight is 496 g/mol. The quantitative estimate of drug-likeness (QED) is 0.525. The maximum atomic E-state index is 13.0. The lowest BCUT2D eigenvalue weighted by molar-refractivity contribution is -0.142. The van der Waals surface area contributed by atoms with Crippen LogP contribution in [0.2, 0.25) is 5.02 Å². The van der Waals surface area contributed by atoms with E-state index in [2.05, 4.69) is 21.2 Å². The van der Waals surface area contributed by atoms with Gasteiger partial charge in [0.15, 0.2) is 6.61 Å². The molecule has 7 heteroatoms. The molecule has 5 nitrogen and oxygen atoms in total. The summed E-state index contributed by atoms with van der Waals surface area (Å²) >= 11 is 9.46. The van der Waals surface area contributed by atoms with Gasteiger partial charge in [-0.25, -0.2) is 0 Å². The maximum Gasteiger partial charge on any atom is 0.261 e. The first-order chi connectivity index (χ1) is 14.2. The Morgan fingerprint density at radius 1 is 1.17 bits per heavy atom. The number of nitrogens with one attached hydrogen (secondary N) is 1. The van der Waals surface area contributed by atoms with E-state index >= 15 is 0 Å². The molecule has 0 spiro atoms. The lowest BCUT2D eigenvalue weighted by Crippen LogP contribution is -2.50. The SMILES string of the molecule is CC[C@@H](C)NC(=O)[C@H](C)N(Cc1ccc(Br)cc1)C(=O)COc1ccc(Cl)c(C)c1. The normalized spacial score (nSPS) is 12.7. The zero-order valence-corrected chi connectivity index (χ0v) is 20.1. The third kappa shape index (κ3) is 7.03. The van der Waals surface area contributed by atoms with Crippen molar-refractivity contribution in [2.45, 2.75) is 52.7 Å². The first-order valence-electron chi connectivity index (χ1n) is 9.94. The van der Waals surface area contributed by atoms with E-state index in [-0.39, 0.29) is 24.5 Å². The van der Waals surface area contributed by atoms with Gasteiger partial charge in [0.25, 0.3) is 5.91 Å². The molecule has 0 radical (unpaired) electrons. The number of aryl methyl sites for hydroxylation is 1. The standard InChI is InChI=1S/C23H28BrClN2O3/c1-5-16(3)26-23(29)17(4)27(13-18-6-8-19(24)9-7-18)22(28)14-30-20-10-11-21(25)15(2)12-20/h6-12,16-17H,5,13-14H2,1-4H3,(H,26,29)/t16-,17+/m1/s1. The van der Waals surface area contributed by atoms with Gasteiger partial charge in [-0.05, 0) is 68.7 Å². The summed E-state index contributed by atoms with van der Waals surface area (Å²) in [5.74, 6) is 0.111. The molecule has 30 heavy (non-hydrogen) atoms. The fraction of sp³-hybridized carbons (Fsp3) is 0.391. The number of hydrogen-bond acceptors (Lipinski definition) is 3. The molecule has 0 bridgehead atoms. The monoisotopic (exact) mass is 494 g/mol. The second kappa shape index (κ2) is 11.4. The third-order valence-corrected chi connectivity index (χ3v) is 5.88. The van der Waals surface area contributed by atoms with Gasteiger partial charge in [0.05, 0.1) is 0 Å². The second-order valence-electron chi connectivity index (χ2n) is 7.34. The molecular formula is C23H28BrClN2O3. The minimum atomic E-state index is -0.634. The Hall–Kier alpha value is -2.05. The van der Waals surface area contributed by atoms with Crippen LogP contribution in [-0.4, -0.2) is 35.4 Å². The Kier molecular flexibility index (Phi) is 9.18. The van der Waals surface area contributed by atoms with Crippen LogP contribution in [0.3, 0.4) is 0 Å². The number of ether oxygens (including phenoxy) is 1. The molecule has 0 aromatic heterocycles. The lowest BCUT2D eigenvalue weighted by Gasteiger charge is -2.29. The number of carbonyl (C=O) groups is 2. The molecule has 0 saturated carbocycles. The fourth-order valence-electron chi connectivity index (χ4n) is 2.77. The molecule has 2 amide bonds. The first-order valence-corrected chi connectivity index (χ1v) is 11.1. The largest absolute Gasteiger partial charge is 0.484 e. The van der Waals surface area contributed by atoms with Crippen LogP contribution in [0.1, 0.15) is 38.3 Å². The molecule has 0 aliphatic carbocycles. The molecule has 162 valence electrons. The van der Waals surface area contributed by atoms with Gasteiger partial charge in [-0.15, -0.1) is 0 Å². The third-order valence-electron chi connectivity index (χ3n) is 4.93. The van der Waals surface area contributed by atoms with Gasteiger partial charge in [-0.1, -0.05) is 46.6 Å². The molecule has 0 unspecified atom stereocenters. The van der Waals surface area contributed by atoms with Crippen molar-refractivity contribution in [3.05, 3.63) is 63.1 Å². The van der Waals surface area contributed by atoms with E-state index in [9.17, 15) is 9.59 Å². The molecule has 2 atom stereocenters. The summed E-state index contributed by atoms with van der Waals surface area (Å²) in [5.41, 5.74) is 1.80. The topological polar surface area (TPSA) is 58.6 Å². The Morgan fingerprint density at radius 2 is 1.83 bits per heavy atom. The van der Waals surface area contributed by atoms with E-state index in [0.29, 0.717) is 17.3 Å². The van der Waals surface area contributed by atoms with Gasteiger partial charge >= 0.3 is 0 Å². The summed E-state index contributed by atoms with van der Waals surface area (Å²) in [7, 11) is 0. The Balaban J connectivity index is 2.15. The number of hydrogen-bond donors (Lipinski definition) is 1. The van der Waals surface area contributed by atoms with Crippen molar-refractivity contribution in [1.29, 1.82) is 0 Å². The van der Waals surface area contributed by atoms with Crippen molar-refractivity contribution in [2.75, 3.05) is 6.61 Å². The molecule has 0 fully saturated rings. The van der Waals surface area contributed by atoms with Gasteiger partial charge in [-0.3, -0.25) is 9.59 Å². The van der Waals surface area contributed by atoms with Crippen molar-refractivity contribution in [2.24, 2.45) is 0 Å². The molecule has 2 aromatic rings.